The Balaban J connectivity index is 2.45. The molecule has 0 saturated heterocycles. The molecule has 0 spiro atoms. The molecule has 0 atom stereocenters. The Labute approximate surface area is 127 Å². The van der Waals surface area contributed by atoms with Crippen molar-refractivity contribution in [3.63, 3.8) is 0 Å². The number of aromatic hydroxyl groups is 1. The van der Waals surface area contributed by atoms with Crippen LogP contribution < -0.4 is 5.43 Å². The largest absolute Gasteiger partial charge is 0.503 e. The van der Waals surface area contributed by atoms with Gasteiger partial charge in [0.15, 0.2) is 5.75 Å². The van der Waals surface area contributed by atoms with Gasteiger partial charge >= 0.3 is 0 Å². The van der Waals surface area contributed by atoms with Gasteiger partial charge in [-0.2, -0.15) is 0 Å². The Bertz CT molecular complexity index is 526. The Morgan fingerprint density at radius 2 is 1.86 bits per heavy atom. The first kappa shape index (κ1) is 16.1. The van der Waals surface area contributed by atoms with E-state index in [2.05, 4.69) is 23.3 Å². The minimum atomic E-state index is -0.248. The van der Waals surface area contributed by atoms with Gasteiger partial charge in [-0.3, -0.25) is 9.69 Å². The van der Waals surface area contributed by atoms with Crippen LogP contribution in [0.5, 0.6) is 5.75 Å². The van der Waals surface area contributed by atoms with E-state index < -0.39 is 0 Å². The van der Waals surface area contributed by atoms with Crippen molar-refractivity contribution in [3.05, 3.63) is 27.7 Å². The average molecular weight is 292 g/mol. The van der Waals surface area contributed by atoms with Crippen LogP contribution in [-0.2, 0) is 6.54 Å². The second-order valence-corrected chi connectivity index (χ2v) is 6.07. The van der Waals surface area contributed by atoms with E-state index in [0.29, 0.717) is 12.6 Å². The fourth-order valence-electron chi connectivity index (χ4n) is 3.45. The summed E-state index contributed by atoms with van der Waals surface area (Å²) < 4.78 is 2.23. The lowest BCUT2D eigenvalue weighted by Gasteiger charge is -2.31. The van der Waals surface area contributed by atoms with E-state index in [4.69, 9.17) is 0 Å². The van der Waals surface area contributed by atoms with Gasteiger partial charge < -0.3 is 9.67 Å². The Hall–Kier alpha value is -1.29. The molecule has 0 bridgehead atoms. The lowest BCUT2D eigenvalue weighted by atomic mass is 9.94. The molecule has 1 aromatic rings. The van der Waals surface area contributed by atoms with Crippen molar-refractivity contribution in [2.24, 2.45) is 0 Å². The average Bonchev–Trinajstić information content (AvgIpc) is 2.50. The highest BCUT2D eigenvalue weighted by Gasteiger charge is 2.22. The van der Waals surface area contributed by atoms with Gasteiger partial charge in [0.2, 0.25) is 5.43 Å². The summed E-state index contributed by atoms with van der Waals surface area (Å²) in [7, 11) is 0. The van der Waals surface area contributed by atoms with Gasteiger partial charge in [-0.1, -0.05) is 33.1 Å². The number of nitrogens with zero attached hydrogens (tertiary/aromatic N) is 2. The molecule has 0 aromatic carbocycles. The fourth-order valence-corrected chi connectivity index (χ4v) is 3.45. The van der Waals surface area contributed by atoms with Crippen LogP contribution in [0, 0.1) is 6.92 Å². The third-order valence-electron chi connectivity index (χ3n) is 4.73. The van der Waals surface area contributed by atoms with Crippen LogP contribution in [0.15, 0.2) is 10.9 Å². The van der Waals surface area contributed by atoms with E-state index in [1.807, 2.05) is 6.92 Å². The first-order chi connectivity index (χ1) is 10.1. The minimum Gasteiger partial charge on any atom is -0.503 e. The molecule has 4 nitrogen and oxygen atoms in total. The molecule has 0 amide bonds. The van der Waals surface area contributed by atoms with Gasteiger partial charge in [0.05, 0.1) is 5.69 Å². The van der Waals surface area contributed by atoms with Crippen molar-refractivity contribution in [1.29, 1.82) is 0 Å². The van der Waals surface area contributed by atoms with Crippen molar-refractivity contribution < 1.29 is 5.11 Å². The standard InChI is InChI=1S/C17H28N2O2/c1-4-18(5-2)12-15-17(21)16(20)11-13(3)19(15)14-9-7-6-8-10-14/h11,14,21H,4-10,12H2,1-3H3. The maximum absolute atomic E-state index is 12.0. The molecule has 4 heteroatoms. The summed E-state index contributed by atoms with van der Waals surface area (Å²) in [5, 5.41) is 10.3. The van der Waals surface area contributed by atoms with Gasteiger partial charge in [0.25, 0.3) is 0 Å². The van der Waals surface area contributed by atoms with E-state index in [9.17, 15) is 9.90 Å². The lowest BCUT2D eigenvalue weighted by molar-refractivity contribution is 0.262. The molecule has 1 fully saturated rings. The van der Waals surface area contributed by atoms with E-state index in [1.165, 1.54) is 19.3 Å². The third kappa shape index (κ3) is 3.49. The maximum atomic E-state index is 12.0. The van der Waals surface area contributed by atoms with Gasteiger partial charge in [0, 0.05) is 24.3 Å². The van der Waals surface area contributed by atoms with Gasteiger partial charge in [0.1, 0.15) is 0 Å². The fraction of sp³-hybridized carbons (Fsp3) is 0.706. The predicted octanol–water partition coefficient (Wildman–Crippen LogP) is 3.21. The molecule has 0 radical (unpaired) electrons. The van der Waals surface area contributed by atoms with Gasteiger partial charge in [-0.25, -0.2) is 0 Å². The van der Waals surface area contributed by atoms with Crippen LogP contribution in [0.2, 0.25) is 0 Å². The highest BCUT2D eigenvalue weighted by molar-refractivity contribution is 5.30. The minimum absolute atomic E-state index is 0.0573. The van der Waals surface area contributed by atoms with Gasteiger partial charge in [-0.05, 0) is 32.9 Å². The van der Waals surface area contributed by atoms with Gasteiger partial charge in [-0.15, -0.1) is 0 Å². The molecule has 1 N–H and O–H groups in total. The van der Waals surface area contributed by atoms with E-state index in [1.54, 1.807) is 6.07 Å². The van der Waals surface area contributed by atoms with E-state index in [0.717, 1.165) is 37.3 Å². The molecule has 1 saturated carbocycles. The molecule has 1 aliphatic rings. The topological polar surface area (TPSA) is 45.5 Å². The Morgan fingerprint density at radius 3 is 2.43 bits per heavy atom. The van der Waals surface area contributed by atoms with Crippen LogP contribution in [0.1, 0.15) is 63.4 Å². The zero-order valence-electron chi connectivity index (χ0n) is 13.6. The number of rotatable bonds is 5. The van der Waals surface area contributed by atoms with Crippen molar-refractivity contribution in [2.75, 3.05) is 13.1 Å². The monoisotopic (exact) mass is 292 g/mol. The molecule has 1 aromatic heterocycles. The summed E-state index contributed by atoms with van der Waals surface area (Å²) in [4.78, 5) is 14.2. The zero-order valence-corrected chi connectivity index (χ0v) is 13.6. The Kier molecular flexibility index (Phi) is 5.45. The van der Waals surface area contributed by atoms with Crippen molar-refractivity contribution in [1.82, 2.24) is 9.47 Å². The normalized spacial score (nSPS) is 16.6. The second kappa shape index (κ2) is 7.12. The van der Waals surface area contributed by atoms with Crippen molar-refractivity contribution in [3.8, 4) is 5.75 Å². The molecular weight excluding hydrogens is 264 g/mol. The van der Waals surface area contributed by atoms with Crippen LogP contribution >= 0.6 is 0 Å². The summed E-state index contributed by atoms with van der Waals surface area (Å²) in [6.07, 6.45) is 6.07. The first-order valence-corrected chi connectivity index (χ1v) is 8.24. The van der Waals surface area contributed by atoms with Crippen molar-refractivity contribution >= 4 is 0 Å². The molecule has 0 aliphatic heterocycles. The number of hydrogen-bond donors (Lipinski definition) is 1. The summed E-state index contributed by atoms with van der Waals surface area (Å²) in [6.45, 7) is 8.69. The zero-order chi connectivity index (χ0) is 15.4. The Morgan fingerprint density at radius 1 is 1.24 bits per heavy atom. The number of aromatic nitrogens is 1. The SMILES string of the molecule is CCN(CC)Cc1c(O)c(=O)cc(C)n1C1CCCCC1. The first-order valence-electron chi connectivity index (χ1n) is 8.24. The number of hydrogen-bond acceptors (Lipinski definition) is 3. The third-order valence-corrected chi connectivity index (χ3v) is 4.73. The summed E-state index contributed by atoms with van der Waals surface area (Å²) in [6, 6.07) is 2.01. The molecular formula is C17H28N2O2. The lowest BCUT2D eigenvalue weighted by Crippen LogP contribution is -2.29. The van der Waals surface area contributed by atoms with E-state index in [-0.39, 0.29) is 11.2 Å². The molecule has 2 rings (SSSR count). The van der Waals surface area contributed by atoms with E-state index >= 15 is 0 Å². The predicted molar refractivity (Wildman–Crippen MR) is 85.9 cm³/mol. The van der Waals surface area contributed by atoms with Crippen LogP contribution in [0.25, 0.3) is 0 Å². The summed E-state index contributed by atoms with van der Waals surface area (Å²) >= 11 is 0. The second-order valence-electron chi connectivity index (χ2n) is 6.07. The van der Waals surface area contributed by atoms with Crippen LogP contribution in [0.4, 0.5) is 0 Å². The molecule has 118 valence electrons. The molecule has 0 unspecified atom stereocenters. The van der Waals surface area contributed by atoms with Crippen LogP contribution in [0.3, 0.4) is 0 Å². The summed E-state index contributed by atoms with van der Waals surface area (Å²) in [5.41, 5.74) is 1.53. The maximum Gasteiger partial charge on any atom is 0.223 e. The number of aryl methyl sites for hydroxylation is 1. The smallest absolute Gasteiger partial charge is 0.223 e. The van der Waals surface area contributed by atoms with Crippen LogP contribution in [-0.4, -0.2) is 27.7 Å². The summed E-state index contributed by atoms with van der Waals surface area (Å²) in [5.74, 6) is -0.0573. The quantitative estimate of drug-likeness (QED) is 0.906. The molecule has 1 heterocycles. The number of pyridine rings is 1. The molecule has 21 heavy (non-hydrogen) atoms. The molecule has 1 aliphatic carbocycles. The highest BCUT2D eigenvalue weighted by atomic mass is 16.3. The highest BCUT2D eigenvalue weighted by Crippen LogP contribution is 2.32. The van der Waals surface area contributed by atoms with Crippen molar-refractivity contribution in [2.45, 2.75) is 65.5 Å².